The lowest BCUT2D eigenvalue weighted by Gasteiger charge is -2.31. The van der Waals surface area contributed by atoms with E-state index in [2.05, 4.69) is 18.3 Å². The maximum Gasteiger partial charge on any atom is 0.237 e. The summed E-state index contributed by atoms with van der Waals surface area (Å²) in [4.78, 5) is 11.8. The fraction of sp³-hybridized carbons (Fsp3) is 0.588. The minimum absolute atomic E-state index is 0.0820. The van der Waals surface area contributed by atoms with E-state index < -0.39 is 5.54 Å². The quantitative estimate of drug-likeness (QED) is 0.772. The molecule has 1 aliphatic rings. The molecule has 0 heterocycles. The van der Waals surface area contributed by atoms with Crippen LogP contribution in [0.2, 0.25) is 0 Å². The highest BCUT2D eigenvalue weighted by Crippen LogP contribution is 2.27. The van der Waals surface area contributed by atoms with Gasteiger partial charge in [-0.25, -0.2) is 0 Å². The summed E-state index contributed by atoms with van der Waals surface area (Å²) >= 11 is 0. The maximum atomic E-state index is 11.8. The Hall–Kier alpha value is -1.55. The number of amides is 1. The van der Waals surface area contributed by atoms with Crippen molar-refractivity contribution in [3.8, 4) is 5.75 Å². The Labute approximate surface area is 127 Å². The molecule has 0 spiro atoms. The fourth-order valence-electron chi connectivity index (χ4n) is 2.65. The topological polar surface area (TPSA) is 64.3 Å². The Morgan fingerprint density at radius 1 is 1.48 bits per heavy atom. The third-order valence-electron chi connectivity index (χ3n) is 4.02. The van der Waals surface area contributed by atoms with Crippen molar-refractivity contribution in [3.63, 3.8) is 0 Å². The Bertz CT molecular complexity index is 499. The van der Waals surface area contributed by atoms with Crippen molar-refractivity contribution in [2.45, 2.75) is 64.1 Å². The van der Waals surface area contributed by atoms with Gasteiger partial charge in [-0.1, -0.05) is 25.1 Å². The SMILES string of the molecule is CCc1ccccc1OC(C)CC(C)(NC1CC1)C(N)=O. The van der Waals surface area contributed by atoms with Gasteiger partial charge in [0.1, 0.15) is 5.75 Å². The zero-order chi connectivity index (χ0) is 15.5. The first-order chi connectivity index (χ1) is 9.94. The van der Waals surface area contributed by atoms with Crippen LogP contribution in [0.1, 0.15) is 45.6 Å². The largest absolute Gasteiger partial charge is 0.490 e. The third kappa shape index (κ3) is 4.21. The first-order valence-corrected chi connectivity index (χ1v) is 7.76. The van der Waals surface area contributed by atoms with E-state index in [9.17, 15) is 4.79 Å². The Morgan fingerprint density at radius 3 is 2.71 bits per heavy atom. The van der Waals surface area contributed by atoms with E-state index in [4.69, 9.17) is 10.5 Å². The van der Waals surface area contributed by atoms with Crippen LogP contribution in [0.15, 0.2) is 24.3 Å². The summed E-state index contributed by atoms with van der Waals surface area (Å²) in [5.41, 5.74) is 6.06. The molecule has 0 aromatic heterocycles. The second kappa shape index (κ2) is 6.48. The number of para-hydroxylation sites is 1. The van der Waals surface area contributed by atoms with Gasteiger partial charge in [0.15, 0.2) is 0 Å². The van der Waals surface area contributed by atoms with Gasteiger partial charge in [-0.3, -0.25) is 4.79 Å². The van der Waals surface area contributed by atoms with Crippen molar-refractivity contribution >= 4 is 5.91 Å². The van der Waals surface area contributed by atoms with Crippen molar-refractivity contribution < 1.29 is 9.53 Å². The molecule has 0 aliphatic heterocycles. The molecule has 4 heteroatoms. The number of carbonyl (C=O) groups excluding carboxylic acids is 1. The number of hydrogen-bond acceptors (Lipinski definition) is 3. The maximum absolute atomic E-state index is 11.8. The van der Waals surface area contributed by atoms with E-state index in [1.165, 1.54) is 5.56 Å². The zero-order valence-corrected chi connectivity index (χ0v) is 13.2. The van der Waals surface area contributed by atoms with Gasteiger partial charge in [0, 0.05) is 12.5 Å². The van der Waals surface area contributed by atoms with Crippen LogP contribution < -0.4 is 15.8 Å². The molecular weight excluding hydrogens is 264 g/mol. The average Bonchev–Trinajstić information content (AvgIpc) is 3.22. The molecule has 1 aromatic rings. The summed E-state index contributed by atoms with van der Waals surface area (Å²) in [6.07, 6.45) is 3.65. The number of aryl methyl sites for hydroxylation is 1. The highest BCUT2D eigenvalue weighted by atomic mass is 16.5. The Balaban J connectivity index is 2.01. The van der Waals surface area contributed by atoms with Crippen molar-refractivity contribution in [1.82, 2.24) is 5.32 Å². The molecule has 1 saturated carbocycles. The van der Waals surface area contributed by atoms with Gasteiger partial charge in [-0.15, -0.1) is 0 Å². The van der Waals surface area contributed by atoms with Gasteiger partial charge >= 0.3 is 0 Å². The summed E-state index contributed by atoms with van der Waals surface area (Å²) in [6, 6.07) is 8.45. The molecule has 1 aromatic carbocycles. The standard InChI is InChI=1S/C17H26N2O2/c1-4-13-7-5-6-8-15(13)21-12(2)11-17(3,16(18)20)19-14-9-10-14/h5-8,12,14,19H,4,9-11H2,1-3H3,(H2,18,20). The van der Waals surface area contributed by atoms with E-state index in [0.29, 0.717) is 12.5 Å². The number of nitrogens with one attached hydrogen (secondary N) is 1. The first kappa shape index (κ1) is 15.8. The Kier molecular flexibility index (Phi) is 4.88. The predicted octanol–water partition coefficient (Wildman–Crippen LogP) is 2.40. The van der Waals surface area contributed by atoms with Crippen LogP contribution in [-0.2, 0) is 11.2 Å². The Morgan fingerprint density at radius 2 is 2.14 bits per heavy atom. The van der Waals surface area contributed by atoms with Crippen LogP contribution in [0.25, 0.3) is 0 Å². The molecule has 0 bridgehead atoms. The van der Waals surface area contributed by atoms with Crippen molar-refractivity contribution in [3.05, 3.63) is 29.8 Å². The van der Waals surface area contributed by atoms with E-state index >= 15 is 0 Å². The number of ether oxygens (including phenoxy) is 1. The van der Waals surface area contributed by atoms with Gasteiger partial charge in [-0.05, 0) is 44.7 Å². The molecule has 2 rings (SSSR count). The van der Waals surface area contributed by atoms with E-state index in [1.807, 2.05) is 32.0 Å². The van der Waals surface area contributed by atoms with E-state index in [0.717, 1.165) is 25.0 Å². The van der Waals surface area contributed by atoms with Crippen molar-refractivity contribution in [2.24, 2.45) is 5.73 Å². The average molecular weight is 290 g/mol. The minimum Gasteiger partial charge on any atom is -0.490 e. The molecular formula is C17H26N2O2. The van der Waals surface area contributed by atoms with Crippen LogP contribution in [-0.4, -0.2) is 23.6 Å². The number of primary amides is 1. The van der Waals surface area contributed by atoms with Gasteiger partial charge in [0.25, 0.3) is 0 Å². The molecule has 21 heavy (non-hydrogen) atoms. The second-order valence-corrected chi connectivity index (χ2v) is 6.21. The van der Waals surface area contributed by atoms with Crippen LogP contribution in [0.4, 0.5) is 0 Å². The summed E-state index contributed by atoms with van der Waals surface area (Å²) in [5.74, 6) is 0.583. The van der Waals surface area contributed by atoms with Crippen LogP contribution in [0.5, 0.6) is 5.75 Å². The fourth-order valence-corrected chi connectivity index (χ4v) is 2.65. The molecule has 1 fully saturated rings. The normalized spacial score (nSPS) is 18.8. The van der Waals surface area contributed by atoms with Crippen LogP contribution >= 0.6 is 0 Å². The lowest BCUT2D eigenvalue weighted by atomic mass is 9.93. The van der Waals surface area contributed by atoms with E-state index in [1.54, 1.807) is 0 Å². The summed E-state index contributed by atoms with van der Waals surface area (Å²) in [6.45, 7) is 5.97. The molecule has 2 atom stereocenters. The molecule has 3 N–H and O–H groups in total. The number of rotatable bonds is 8. The summed E-state index contributed by atoms with van der Waals surface area (Å²) < 4.78 is 6.04. The number of carbonyl (C=O) groups is 1. The zero-order valence-electron chi connectivity index (χ0n) is 13.2. The summed E-state index contributed by atoms with van der Waals surface area (Å²) in [7, 11) is 0. The van der Waals surface area contributed by atoms with Crippen molar-refractivity contribution in [2.75, 3.05) is 0 Å². The monoisotopic (exact) mass is 290 g/mol. The van der Waals surface area contributed by atoms with Gasteiger partial charge in [0.2, 0.25) is 5.91 Å². The van der Waals surface area contributed by atoms with Crippen LogP contribution in [0, 0.1) is 0 Å². The van der Waals surface area contributed by atoms with Crippen molar-refractivity contribution in [1.29, 1.82) is 0 Å². The third-order valence-corrected chi connectivity index (χ3v) is 4.02. The molecule has 0 radical (unpaired) electrons. The minimum atomic E-state index is -0.707. The van der Waals surface area contributed by atoms with Gasteiger partial charge in [-0.2, -0.15) is 0 Å². The van der Waals surface area contributed by atoms with Gasteiger partial charge < -0.3 is 15.8 Å². The van der Waals surface area contributed by atoms with Crippen LogP contribution in [0.3, 0.4) is 0 Å². The molecule has 1 aliphatic carbocycles. The first-order valence-electron chi connectivity index (χ1n) is 7.76. The predicted molar refractivity (Wildman–Crippen MR) is 84.3 cm³/mol. The van der Waals surface area contributed by atoms with Gasteiger partial charge in [0.05, 0.1) is 11.6 Å². The van der Waals surface area contributed by atoms with E-state index in [-0.39, 0.29) is 12.0 Å². The number of hydrogen-bond donors (Lipinski definition) is 2. The summed E-state index contributed by atoms with van der Waals surface area (Å²) in [5, 5.41) is 3.36. The molecule has 0 saturated heterocycles. The molecule has 1 amide bonds. The number of benzene rings is 1. The molecule has 116 valence electrons. The number of nitrogens with two attached hydrogens (primary N) is 1. The lowest BCUT2D eigenvalue weighted by Crippen LogP contribution is -2.55. The molecule has 4 nitrogen and oxygen atoms in total. The smallest absolute Gasteiger partial charge is 0.237 e. The molecule has 2 unspecified atom stereocenters. The highest BCUT2D eigenvalue weighted by Gasteiger charge is 2.38. The highest BCUT2D eigenvalue weighted by molar-refractivity contribution is 5.84. The second-order valence-electron chi connectivity index (χ2n) is 6.21. The lowest BCUT2D eigenvalue weighted by molar-refractivity contribution is -0.124.